The summed E-state index contributed by atoms with van der Waals surface area (Å²) in [6.45, 7) is 6.03. The molecule has 3 N–H and O–H groups in total. The van der Waals surface area contributed by atoms with Gasteiger partial charge in [0.05, 0.1) is 0 Å². The molecule has 0 aromatic heterocycles. The topological polar surface area (TPSA) is 55.7 Å². The summed E-state index contributed by atoms with van der Waals surface area (Å²) < 4.78 is 0. The van der Waals surface area contributed by atoms with Crippen LogP contribution in [0.25, 0.3) is 0 Å². The van der Waals surface area contributed by atoms with Crippen LogP contribution in [0, 0.1) is 0 Å². The Bertz CT molecular complexity index is 385. The summed E-state index contributed by atoms with van der Waals surface area (Å²) in [7, 11) is 0. The van der Waals surface area contributed by atoms with Crippen molar-refractivity contribution in [2.24, 2.45) is 0 Å². The van der Waals surface area contributed by atoms with Crippen LogP contribution in [0.15, 0.2) is 18.2 Å². The zero-order valence-corrected chi connectivity index (χ0v) is 12.6. The summed E-state index contributed by atoms with van der Waals surface area (Å²) in [6.07, 6.45) is 0.928. The zero-order chi connectivity index (χ0) is 12.3. The first-order chi connectivity index (χ1) is 8.24. The molecule has 1 aliphatic heterocycles. The summed E-state index contributed by atoms with van der Waals surface area (Å²) >= 11 is 0. The van der Waals surface area contributed by atoms with Gasteiger partial charge in [-0.25, -0.2) is 0 Å². The second kappa shape index (κ2) is 8.48. The Hall–Kier alpha value is -0.680. The number of rotatable bonds is 3. The first kappa shape index (κ1) is 18.3. The highest BCUT2D eigenvalue weighted by Gasteiger charge is 2.23. The van der Waals surface area contributed by atoms with Crippen molar-refractivity contribution in [3.63, 3.8) is 0 Å². The normalized spacial score (nSPS) is 17.1. The van der Waals surface area contributed by atoms with E-state index < -0.39 is 0 Å². The van der Waals surface area contributed by atoms with Crippen molar-refractivity contribution in [3.8, 4) is 11.5 Å². The third-order valence-electron chi connectivity index (χ3n) is 3.38. The number of hydrogen-bond acceptors (Lipinski definition) is 4. The molecule has 0 unspecified atom stereocenters. The van der Waals surface area contributed by atoms with Gasteiger partial charge >= 0.3 is 0 Å². The quantitative estimate of drug-likeness (QED) is 0.750. The third kappa shape index (κ3) is 4.14. The molecule has 1 aliphatic rings. The number of hydrogen-bond donors (Lipinski definition) is 3. The summed E-state index contributed by atoms with van der Waals surface area (Å²) in [6, 6.07) is 5.38. The van der Waals surface area contributed by atoms with Gasteiger partial charge < -0.3 is 15.5 Å². The SMILES string of the molecule is CC[C@H](c1cccc(O)c1O)N1CCNCC1.Cl.Cl. The molecule has 110 valence electrons. The van der Waals surface area contributed by atoms with Crippen LogP contribution in [-0.4, -0.2) is 41.3 Å². The van der Waals surface area contributed by atoms with Gasteiger partial charge in [-0.3, -0.25) is 4.90 Å². The molecular weight excluding hydrogens is 287 g/mol. The van der Waals surface area contributed by atoms with Gasteiger partial charge in [-0.15, -0.1) is 24.8 Å². The molecule has 1 aromatic carbocycles. The van der Waals surface area contributed by atoms with Crippen LogP contribution >= 0.6 is 24.8 Å². The Morgan fingerprint density at radius 1 is 1.21 bits per heavy atom. The number of nitrogens with one attached hydrogen (secondary N) is 1. The second-order valence-electron chi connectivity index (χ2n) is 4.42. The molecule has 0 saturated carbocycles. The Kier molecular flexibility index (Phi) is 8.18. The van der Waals surface area contributed by atoms with E-state index in [4.69, 9.17) is 0 Å². The maximum absolute atomic E-state index is 9.94. The van der Waals surface area contributed by atoms with Crippen LogP contribution in [0.3, 0.4) is 0 Å². The minimum Gasteiger partial charge on any atom is -0.504 e. The number of nitrogens with zero attached hydrogens (tertiary/aromatic N) is 1. The first-order valence-corrected chi connectivity index (χ1v) is 6.19. The predicted molar refractivity (Wildman–Crippen MR) is 81.7 cm³/mol. The van der Waals surface area contributed by atoms with E-state index in [1.54, 1.807) is 6.07 Å². The molecule has 1 heterocycles. The Morgan fingerprint density at radius 2 is 1.84 bits per heavy atom. The van der Waals surface area contributed by atoms with Gasteiger partial charge in [0.15, 0.2) is 11.5 Å². The minimum atomic E-state index is -0.0314. The number of benzene rings is 1. The van der Waals surface area contributed by atoms with Crippen LogP contribution in [0.5, 0.6) is 11.5 Å². The van der Waals surface area contributed by atoms with Crippen molar-refractivity contribution < 1.29 is 10.2 Å². The van der Waals surface area contributed by atoms with Crippen LogP contribution in [0.4, 0.5) is 0 Å². The highest BCUT2D eigenvalue weighted by atomic mass is 35.5. The third-order valence-corrected chi connectivity index (χ3v) is 3.38. The summed E-state index contributed by atoms with van der Waals surface area (Å²) in [5.41, 5.74) is 0.828. The molecule has 0 amide bonds. The van der Waals surface area contributed by atoms with Crippen LogP contribution in [-0.2, 0) is 0 Å². The van der Waals surface area contributed by atoms with E-state index in [2.05, 4.69) is 17.1 Å². The van der Waals surface area contributed by atoms with Crippen LogP contribution in [0.2, 0.25) is 0 Å². The second-order valence-corrected chi connectivity index (χ2v) is 4.42. The van der Waals surface area contributed by atoms with Crippen LogP contribution < -0.4 is 5.32 Å². The van der Waals surface area contributed by atoms with Gasteiger partial charge in [0, 0.05) is 37.8 Å². The van der Waals surface area contributed by atoms with Crippen molar-refractivity contribution in [2.75, 3.05) is 26.2 Å². The Morgan fingerprint density at radius 3 is 2.42 bits per heavy atom. The summed E-state index contributed by atoms with van der Waals surface area (Å²) in [4.78, 5) is 2.35. The lowest BCUT2D eigenvalue weighted by Gasteiger charge is -2.35. The van der Waals surface area contributed by atoms with E-state index in [1.807, 2.05) is 6.07 Å². The molecule has 0 aliphatic carbocycles. The number of phenolic OH excluding ortho intramolecular Hbond substituents is 2. The highest BCUT2D eigenvalue weighted by Crippen LogP contribution is 2.36. The Balaban J connectivity index is 0.00000162. The molecule has 1 saturated heterocycles. The van der Waals surface area contributed by atoms with Gasteiger partial charge in [0.1, 0.15) is 0 Å². The van der Waals surface area contributed by atoms with Gasteiger partial charge in [-0.1, -0.05) is 19.1 Å². The number of para-hydroxylation sites is 1. The number of halogens is 2. The van der Waals surface area contributed by atoms with Crippen molar-refractivity contribution in [1.29, 1.82) is 0 Å². The summed E-state index contributed by atoms with van der Waals surface area (Å²) in [5, 5.41) is 22.8. The number of phenols is 2. The van der Waals surface area contributed by atoms with Gasteiger partial charge in [-0.2, -0.15) is 0 Å². The molecule has 1 aromatic rings. The number of piperazine rings is 1. The van der Waals surface area contributed by atoms with Gasteiger partial charge in [0.2, 0.25) is 0 Å². The fraction of sp³-hybridized carbons (Fsp3) is 0.538. The monoisotopic (exact) mass is 308 g/mol. The molecule has 1 atom stereocenters. The average molecular weight is 309 g/mol. The molecule has 4 nitrogen and oxygen atoms in total. The van der Waals surface area contributed by atoms with E-state index in [0.717, 1.165) is 38.2 Å². The lowest BCUT2D eigenvalue weighted by Crippen LogP contribution is -2.45. The molecule has 0 bridgehead atoms. The van der Waals surface area contributed by atoms with E-state index in [0.29, 0.717) is 0 Å². The fourth-order valence-electron chi connectivity index (χ4n) is 2.49. The largest absolute Gasteiger partial charge is 0.504 e. The van der Waals surface area contributed by atoms with E-state index >= 15 is 0 Å². The molecular formula is C13H22Cl2N2O2. The van der Waals surface area contributed by atoms with Crippen molar-refractivity contribution >= 4 is 24.8 Å². The first-order valence-electron chi connectivity index (χ1n) is 6.19. The average Bonchev–Trinajstić information content (AvgIpc) is 2.37. The highest BCUT2D eigenvalue weighted by molar-refractivity contribution is 5.85. The lowest BCUT2D eigenvalue weighted by atomic mass is 10.0. The molecule has 19 heavy (non-hydrogen) atoms. The molecule has 0 spiro atoms. The van der Waals surface area contributed by atoms with E-state index in [9.17, 15) is 10.2 Å². The minimum absolute atomic E-state index is 0. The molecule has 2 rings (SSSR count). The predicted octanol–water partition coefficient (Wildman–Crippen LogP) is 2.30. The number of aromatic hydroxyl groups is 2. The zero-order valence-electron chi connectivity index (χ0n) is 11.0. The Labute approximate surface area is 126 Å². The van der Waals surface area contributed by atoms with Gasteiger partial charge in [0.25, 0.3) is 0 Å². The van der Waals surface area contributed by atoms with Crippen LogP contribution in [0.1, 0.15) is 24.9 Å². The van der Waals surface area contributed by atoms with Crippen molar-refractivity contribution in [3.05, 3.63) is 23.8 Å². The standard InChI is InChI=1S/C13H20N2O2.2ClH/c1-2-11(15-8-6-14-7-9-15)10-4-3-5-12(16)13(10)17;;/h3-5,11,14,16-17H,2,6-9H2,1H3;2*1H/t11-;;/m1../s1. The van der Waals surface area contributed by atoms with Gasteiger partial charge in [-0.05, 0) is 12.5 Å². The summed E-state index contributed by atoms with van der Waals surface area (Å²) in [5.74, 6) is -0.00559. The maximum atomic E-state index is 9.94. The maximum Gasteiger partial charge on any atom is 0.162 e. The molecule has 0 radical (unpaired) electrons. The fourth-order valence-corrected chi connectivity index (χ4v) is 2.49. The molecule has 6 heteroatoms. The van der Waals surface area contributed by atoms with E-state index in [1.165, 1.54) is 6.07 Å². The van der Waals surface area contributed by atoms with E-state index in [-0.39, 0.29) is 42.4 Å². The smallest absolute Gasteiger partial charge is 0.162 e. The lowest BCUT2D eigenvalue weighted by molar-refractivity contribution is 0.166. The van der Waals surface area contributed by atoms with Crippen molar-refractivity contribution in [2.45, 2.75) is 19.4 Å². The molecule has 1 fully saturated rings. The van der Waals surface area contributed by atoms with Crippen molar-refractivity contribution in [1.82, 2.24) is 10.2 Å².